The van der Waals surface area contributed by atoms with Crippen molar-refractivity contribution in [3.05, 3.63) is 83.2 Å². The molecule has 128 valence electrons. The van der Waals surface area contributed by atoms with Crippen LogP contribution in [0.3, 0.4) is 0 Å². The van der Waals surface area contributed by atoms with Crippen LogP contribution in [0.25, 0.3) is 0 Å². The summed E-state index contributed by atoms with van der Waals surface area (Å²) in [5.74, 6) is 0.938. The zero-order valence-electron chi connectivity index (χ0n) is 14.0. The Balaban J connectivity index is 1.98. The highest BCUT2D eigenvalue weighted by molar-refractivity contribution is 8.15. The van der Waals surface area contributed by atoms with E-state index in [1.807, 2.05) is 43.3 Å². The lowest BCUT2D eigenvalue weighted by molar-refractivity contribution is 0.100. The molecule has 2 aromatic rings. The van der Waals surface area contributed by atoms with Crippen LogP contribution in [0.2, 0.25) is 0 Å². The van der Waals surface area contributed by atoms with E-state index >= 15 is 0 Å². The molecule has 1 aliphatic heterocycles. The zero-order chi connectivity index (χ0) is 17.6. The zero-order valence-corrected chi connectivity index (χ0v) is 14.8. The molecule has 2 N–H and O–H groups in total. The van der Waals surface area contributed by atoms with Crippen LogP contribution >= 0.6 is 11.8 Å². The fourth-order valence-electron chi connectivity index (χ4n) is 2.76. The SMILES string of the molecule is CCO/C(N)=C1/C(=NC(=O)c2ccccc2)SCC1c1ccccc1. The third-order valence-corrected chi connectivity index (χ3v) is 5.04. The minimum atomic E-state index is -0.265. The van der Waals surface area contributed by atoms with Crippen LogP contribution < -0.4 is 5.73 Å². The highest BCUT2D eigenvalue weighted by Gasteiger charge is 2.33. The predicted molar refractivity (Wildman–Crippen MR) is 103 cm³/mol. The Hall–Kier alpha value is -2.53. The maximum atomic E-state index is 12.5. The van der Waals surface area contributed by atoms with Gasteiger partial charge < -0.3 is 10.5 Å². The highest BCUT2D eigenvalue weighted by atomic mass is 32.2. The fourth-order valence-corrected chi connectivity index (χ4v) is 3.99. The molecule has 0 saturated carbocycles. The van der Waals surface area contributed by atoms with Crippen LogP contribution in [0.1, 0.15) is 28.8 Å². The average Bonchev–Trinajstić information content (AvgIpc) is 3.07. The van der Waals surface area contributed by atoms with E-state index < -0.39 is 0 Å². The van der Waals surface area contributed by atoms with Gasteiger partial charge in [-0.2, -0.15) is 0 Å². The van der Waals surface area contributed by atoms with E-state index in [2.05, 4.69) is 17.1 Å². The molecule has 1 heterocycles. The van der Waals surface area contributed by atoms with E-state index in [0.29, 0.717) is 23.1 Å². The van der Waals surface area contributed by atoms with E-state index in [9.17, 15) is 4.79 Å². The van der Waals surface area contributed by atoms with Crippen molar-refractivity contribution in [2.75, 3.05) is 12.4 Å². The van der Waals surface area contributed by atoms with Crippen LogP contribution in [-0.4, -0.2) is 23.3 Å². The standard InChI is InChI=1S/C20H20N2O2S/c1-2-24-18(21)17-16(14-9-5-3-6-10-14)13-25-20(17)22-19(23)15-11-7-4-8-12-15/h3-12,16H,2,13,21H2,1H3/b18-17+,22-20?. The molecule has 3 rings (SSSR count). The third-order valence-electron chi connectivity index (χ3n) is 3.96. The van der Waals surface area contributed by atoms with Crippen molar-refractivity contribution in [3.8, 4) is 0 Å². The van der Waals surface area contributed by atoms with Crippen molar-refractivity contribution in [2.24, 2.45) is 10.7 Å². The first-order chi connectivity index (χ1) is 12.2. The average molecular weight is 352 g/mol. The molecule has 0 bridgehead atoms. The Labute approximate surface area is 151 Å². The molecule has 0 aromatic heterocycles. The lowest BCUT2D eigenvalue weighted by Gasteiger charge is -2.14. The van der Waals surface area contributed by atoms with E-state index in [4.69, 9.17) is 10.5 Å². The van der Waals surface area contributed by atoms with Crippen LogP contribution in [-0.2, 0) is 4.74 Å². The number of hydrogen-bond donors (Lipinski definition) is 1. The molecule has 4 nitrogen and oxygen atoms in total. The fraction of sp³-hybridized carbons (Fsp3) is 0.200. The van der Waals surface area contributed by atoms with Gasteiger partial charge in [-0.05, 0) is 24.6 Å². The Morgan fingerprint density at radius 2 is 1.80 bits per heavy atom. The van der Waals surface area contributed by atoms with Crippen LogP contribution in [0.4, 0.5) is 0 Å². The minimum Gasteiger partial charge on any atom is -0.479 e. The largest absolute Gasteiger partial charge is 0.479 e. The summed E-state index contributed by atoms with van der Waals surface area (Å²) in [6, 6.07) is 19.1. The molecular formula is C20H20N2O2S. The van der Waals surface area contributed by atoms with Crippen molar-refractivity contribution in [1.82, 2.24) is 0 Å². The van der Waals surface area contributed by atoms with Gasteiger partial charge in [-0.1, -0.05) is 48.5 Å². The van der Waals surface area contributed by atoms with Crippen LogP contribution in [0.5, 0.6) is 0 Å². The molecule has 1 atom stereocenters. The molecule has 0 spiro atoms. The quantitative estimate of drug-likeness (QED) is 0.846. The summed E-state index contributed by atoms with van der Waals surface area (Å²) in [5.41, 5.74) is 8.69. The maximum Gasteiger partial charge on any atom is 0.278 e. The maximum absolute atomic E-state index is 12.5. The lowest BCUT2D eigenvalue weighted by Crippen LogP contribution is -2.14. The number of carbonyl (C=O) groups excluding carboxylic acids is 1. The van der Waals surface area contributed by atoms with Gasteiger partial charge in [0.1, 0.15) is 5.04 Å². The molecule has 2 aromatic carbocycles. The monoisotopic (exact) mass is 352 g/mol. The van der Waals surface area contributed by atoms with Gasteiger partial charge in [0.15, 0.2) is 5.88 Å². The van der Waals surface area contributed by atoms with Gasteiger partial charge in [-0.15, -0.1) is 11.8 Å². The van der Waals surface area contributed by atoms with Gasteiger partial charge in [0, 0.05) is 17.2 Å². The van der Waals surface area contributed by atoms with Gasteiger partial charge in [-0.3, -0.25) is 4.79 Å². The summed E-state index contributed by atoms with van der Waals surface area (Å²) < 4.78 is 5.55. The molecule has 1 unspecified atom stereocenters. The van der Waals surface area contributed by atoms with E-state index in [1.54, 1.807) is 23.9 Å². The van der Waals surface area contributed by atoms with Gasteiger partial charge in [0.2, 0.25) is 0 Å². The molecule has 0 aliphatic carbocycles. The van der Waals surface area contributed by atoms with Gasteiger partial charge >= 0.3 is 0 Å². The first-order valence-electron chi connectivity index (χ1n) is 8.19. The Kier molecular flexibility index (Phi) is 5.56. The second-order valence-electron chi connectivity index (χ2n) is 5.57. The van der Waals surface area contributed by atoms with Crippen molar-refractivity contribution < 1.29 is 9.53 Å². The number of aliphatic imine (C=N–C) groups is 1. The Morgan fingerprint density at radius 1 is 1.16 bits per heavy atom. The Bertz CT molecular complexity index is 801. The second kappa shape index (κ2) is 8.03. The van der Waals surface area contributed by atoms with Gasteiger partial charge in [0.25, 0.3) is 5.91 Å². The molecule has 5 heteroatoms. The lowest BCUT2D eigenvalue weighted by atomic mass is 9.93. The normalized spacial score (nSPS) is 20.5. The van der Waals surface area contributed by atoms with E-state index in [-0.39, 0.29) is 11.8 Å². The summed E-state index contributed by atoms with van der Waals surface area (Å²) in [4.78, 5) is 16.8. The summed E-state index contributed by atoms with van der Waals surface area (Å²) in [5, 5.41) is 0.647. The molecule has 25 heavy (non-hydrogen) atoms. The summed E-state index contributed by atoms with van der Waals surface area (Å²) >= 11 is 1.54. The second-order valence-corrected chi connectivity index (χ2v) is 6.58. The predicted octanol–water partition coefficient (Wildman–Crippen LogP) is 3.96. The van der Waals surface area contributed by atoms with E-state index in [0.717, 1.165) is 16.9 Å². The highest BCUT2D eigenvalue weighted by Crippen LogP contribution is 2.40. The van der Waals surface area contributed by atoms with Crippen LogP contribution in [0, 0.1) is 0 Å². The van der Waals surface area contributed by atoms with Crippen molar-refractivity contribution in [2.45, 2.75) is 12.8 Å². The third kappa shape index (κ3) is 3.94. The first-order valence-corrected chi connectivity index (χ1v) is 9.18. The van der Waals surface area contributed by atoms with Crippen molar-refractivity contribution in [1.29, 1.82) is 0 Å². The molecule has 1 amide bonds. The molecule has 1 saturated heterocycles. The topological polar surface area (TPSA) is 64.7 Å². The molecular weight excluding hydrogens is 332 g/mol. The smallest absolute Gasteiger partial charge is 0.278 e. The van der Waals surface area contributed by atoms with Crippen molar-refractivity contribution >= 4 is 22.7 Å². The number of rotatable bonds is 4. The summed E-state index contributed by atoms with van der Waals surface area (Å²) in [7, 11) is 0. The van der Waals surface area contributed by atoms with Crippen molar-refractivity contribution in [3.63, 3.8) is 0 Å². The number of thioether (sulfide) groups is 1. The minimum absolute atomic E-state index is 0.0695. The number of nitrogens with two attached hydrogens (primary N) is 1. The van der Waals surface area contributed by atoms with Crippen LogP contribution in [0.15, 0.2) is 77.1 Å². The number of benzene rings is 2. The molecule has 1 aliphatic rings. The molecule has 0 radical (unpaired) electrons. The summed E-state index contributed by atoms with van der Waals surface area (Å²) in [6.45, 7) is 2.36. The number of amides is 1. The number of hydrogen-bond acceptors (Lipinski definition) is 4. The van der Waals surface area contributed by atoms with E-state index in [1.165, 1.54) is 0 Å². The molecule has 1 fully saturated rings. The Morgan fingerprint density at radius 3 is 2.44 bits per heavy atom. The first kappa shape index (κ1) is 17.3. The number of nitrogens with zero attached hydrogens (tertiary/aromatic N) is 1. The van der Waals surface area contributed by atoms with Gasteiger partial charge in [0.05, 0.1) is 12.2 Å². The summed E-state index contributed by atoms with van der Waals surface area (Å²) in [6.07, 6.45) is 0. The van der Waals surface area contributed by atoms with Gasteiger partial charge in [-0.25, -0.2) is 4.99 Å². The number of ether oxygens (including phenoxy) is 1. The number of carbonyl (C=O) groups is 1.